The van der Waals surface area contributed by atoms with Crippen molar-refractivity contribution < 1.29 is 14.4 Å². The summed E-state index contributed by atoms with van der Waals surface area (Å²) < 4.78 is 2.14. The summed E-state index contributed by atoms with van der Waals surface area (Å²) in [6.45, 7) is 4.38. The molecule has 4 aromatic rings. The van der Waals surface area contributed by atoms with E-state index in [0.717, 1.165) is 38.7 Å². The largest absolute Gasteiger partial charge is 0.342 e. The minimum absolute atomic E-state index is 0.307. The van der Waals surface area contributed by atoms with E-state index in [0.29, 0.717) is 17.1 Å². The molecule has 1 aliphatic rings. The summed E-state index contributed by atoms with van der Waals surface area (Å²) >= 11 is 0.860. The summed E-state index contributed by atoms with van der Waals surface area (Å²) in [4.78, 5) is 39.4. The minimum atomic E-state index is -0.459. The molecule has 36 heavy (non-hydrogen) atoms. The molecule has 7 heteroatoms. The molecule has 3 amide bonds. The Morgan fingerprint density at radius 3 is 2.31 bits per heavy atom. The standard InChI is InChI=1S/C29H25N3O3S/c1-19-7-11-21(12-8-19)16-31-17-22(24-5-3-4-6-25(24)31)15-26-28(34)32(29(35)36-26)18-27(33)30-23-13-9-20(2)10-14-23/h3-15,17H,16,18H2,1-2H3,(H,30,33)/b26-15-. The van der Waals surface area contributed by atoms with E-state index in [-0.39, 0.29) is 6.54 Å². The number of carbonyl (C=O) groups excluding carboxylic acids is 3. The molecule has 0 spiro atoms. The van der Waals surface area contributed by atoms with Gasteiger partial charge in [0, 0.05) is 34.9 Å². The fraction of sp³-hybridized carbons (Fsp3) is 0.138. The van der Waals surface area contributed by atoms with Crippen molar-refractivity contribution in [3.8, 4) is 0 Å². The van der Waals surface area contributed by atoms with E-state index in [1.807, 2.05) is 49.5 Å². The number of imide groups is 1. The second kappa shape index (κ2) is 9.87. The van der Waals surface area contributed by atoms with Crippen LogP contribution in [0.2, 0.25) is 0 Å². The maximum atomic E-state index is 13.0. The van der Waals surface area contributed by atoms with Crippen molar-refractivity contribution in [2.75, 3.05) is 11.9 Å². The van der Waals surface area contributed by atoms with E-state index in [9.17, 15) is 14.4 Å². The zero-order valence-corrected chi connectivity index (χ0v) is 20.8. The van der Waals surface area contributed by atoms with Gasteiger partial charge in [-0.2, -0.15) is 0 Å². The molecule has 1 N–H and O–H groups in total. The molecule has 0 atom stereocenters. The molecule has 3 aromatic carbocycles. The highest BCUT2D eigenvalue weighted by Gasteiger charge is 2.36. The fourth-order valence-electron chi connectivity index (χ4n) is 4.17. The van der Waals surface area contributed by atoms with Gasteiger partial charge in [-0.1, -0.05) is 65.7 Å². The van der Waals surface area contributed by atoms with Gasteiger partial charge >= 0.3 is 0 Å². The fourth-order valence-corrected chi connectivity index (χ4v) is 5.00. The van der Waals surface area contributed by atoms with E-state index >= 15 is 0 Å². The van der Waals surface area contributed by atoms with Crippen LogP contribution in [0.25, 0.3) is 17.0 Å². The third-order valence-corrected chi connectivity index (χ3v) is 7.00. The molecule has 1 fully saturated rings. The van der Waals surface area contributed by atoms with E-state index in [1.165, 1.54) is 11.1 Å². The number of hydrogen-bond acceptors (Lipinski definition) is 4. The van der Waals surface area contributed by atoms with Crippen molar-refractivity contribution in [1.82, 2.24) is 9.47 Å². The van der Waals surface area contributed by atoms with Crippen LogP contribution in [0.4, 0.5) is 10.5 Å². The monoisotopic (exact) mass is 495 g/mol. The summed E-state index contributed by atoms with van der Waals surface area (Å²) in [5, 5.41) is 3.28. The van der Waals surface area contributed by atoms with Crippen LogP contribution >= 0.6 is 11.8 Å². The van der Waals surface area contributed by atoms with Crippen molar-refractivity contribution in [3.63, 3.8) is 0 Å². The number of hydrogen-bond donors (Lipinski definition) is 1. The first-order valence-electron chi connectivity index (χ1n) is 11.6. The van der Waals surface area contributed by atoms with Crippen LogP contribution < -0.4 is 5.32 Å². The van der Waals surface area contributed by atoms with Gasteiger partial charge in [-0.3, -0.25) is 19.3 Å². The number of aromatic nitrogens is 1. The molecular weight excluding hydrogens is 470 g/mol. The Labute approximate surface area is 213 Å². The molecule has 1 aromatic heterocycles. The molecular formula is C29H25N3O3S. The average Bonchev–Trinajstić information content (AvgIpc) is 3.34. The van der Waals surface area contributed by atoms with E-state index in [2.05, 4.69) is 41.1 Å². The molecule has 0 aliphatic carbocycles. The van der Waals surface area contributed by atoms with Crippen molar-refractivity contribution >= 4 is 51.5 Å². The number of carbonyl (C=O) groups is 3. The topological polar surface area (TPSA) is 71.4 Å². The average molecular weight is 496 g/mol. The second-order valence-corrected chi connectivity index (χ2v) is 9.89. The van der Waals surface area contributed by atoms with Gasteiger partial charge < -0.3 is 9.88 Å². The Kier molecular flexibility index (Phi) is 6.48. The number of aryl methyl sites for hydroxylation is 2. The lowest BCUT2D eigenvalue weighted by molar-refractivity contribution is -0.127. The quantitative estimate of drug-likeness (QED) is 0.334. The van der Waals surface area contributed by atoms with Gasteiger partial charge in [0.05, 0.1) is 4.91 Å². The van der Waals surface area contributed by atoms with Gasteiger partial charge in [0.15, 0.2) is 0 Å². The zero-order chi connectivity index (χ0) is 25.2. The Balaban J connectivity index is 1.36. The van der Waals surface area contributed by atoms with Crippen molar-refractivity contribution in [1.29, 1.82) is 0 Å². The number of nitrogens with zero attached hydrogens (tertiary/aromatic N) is 2. The minimum Gasteiger partial charge on any atom is -0.342 e. The van der Waals surface area contributed by atoms with Crippen molar-refractivity contribution in [3.05, 3.63) is 106 Å². The lowest BCUT2D eigenvalue weighted by atomic mass is 10.1. The molecule has 2 heterocycles. The van der Waals surface area contributed by atoms with Gasteiger partial charge in [0.2, 0.25) is 5.91 Å². The number of para-hydroxylation sites is 1. The molecule has 0 bridgehead atoms. The van der Waals surface area contributed by atoms with Crippen LogP contribution in [-0.4, -0.2) is 33.1 Å². The number of fused-ring (bicyclic) bond motifs is 1. The van der Waals surface area contributed by atoms with Gasteiger partial charge in [0.25, 0.3) is 11.1 Å². The summed E-state index contributed by atoms with van der Waals surface area (Å²) in [6.07, 6.45) is 3.75. The maximum Gasteiger partial charge on any atom is 0.294 e. The van der Waals surface area contributed by atoms with E-state index in [1.54, 1.807) is 18.2 Å². The number of thioether (sulfide) groups is 1. The Bertz CT molecular complexity index is 1500. The molecule has 0 unspecified atom stereocenters. The Morgan fingerprint density at radius 2 is 1.58 bits per heavy atom. The normalized spacial score (nSPS) is 14.7. The predicted octanol–water partition coefficient (Wildman–Crippen LogP) is 5.98. The van der Waals surface area contributed by atoms with Gasteiger partial charge in [-0.25, -0.2) is 0 Å². The van der Waals surface area contributed by atoms with Crippen LogP contribution in [0.3, 0.4) is 0 Å². The highest BCUT2D eigenvalue weighted by molar-refractivity contribution is 8.18. The summed E-state index contributed by atoms with van der Waals surface area (Å²) in [5.41, 5.74) is 5.97. The third-order valence-electron chi connectivity index (χ3n) is 6.09. The first kappa shape index (κ1) is 23.6. The van der Waals surface area contributed by atoms with Crippen LogP contribution in [0.15, 0.2) is 83.9 Å². The molecule has 6 nitrogen and oxygen atoms in total. The van der Waals surface area contributed by atoms with Gasteiger partial charge in [-0.05, 0) is 55.4 Å². The van der Waals surface area contributed by atoms with Crippen LogP contribution in [0.1, 0.15) is 22.3 Å². The number of nitrogens with one attached hydrogen (secondary N) is 1. The van der Waals surface area contributed by atoms with Crippen LogP contribution in [0, 0.1) is 13.8 Å². The molecule has 1 saturated heterocycles. The second-order valence-electron chi connectivity index (χ2n) is 8.90. The molecule has 5 rings (SSSR count). The number of amides is 3. The maximum absolute atomic E-state index is 13.0. The van der Waals surface area contributed by atoms with Crippen molar-refractivity contribution in [2.24, 2.45) is 0 Å². The highest BCUT2D eigenvalue weighted by atomic mass is 32.2. The number of anilines is 1. The van der Waals surface area contributed by atoms with E-state index in [4.69, 9.17) is 0 Å². The summed E-state index contributed by atoms with van der Waals surface area (Å²) in [5.74, 6) is -0.878. The lowest BCUT2D eigenvalue weighted by Gasteiger charge is -2.12. The van der Waals surface area contributed by atoms with Crippen molar-refractivity contribution in [2.45, 2.75) is 20.4 Å². The predicted molar refractivity (Wildman–Crippen MR) is 145 cm³/mol. The van der Waals surface area contributed by atoms with E-state index < -0.39 is 17.1 Å². The first-order chi connectivity index (χ1) is 17.4. The third kappa shape index (κ3) is 4.97. The van der Waals surface area contributed by atoms with Crippen LogP contribution in [-0.2, 0) is 16.1 Å². The Morgan fingerprint density at radius 1 is 0.917 bits per heavy atom. The Hall–Kier alpha value is -4.10. The zero-order valence-electron chi connectivity index (χ0n) is 20.0. The molecule has 0 saturated carbocycles. The number of benzene rings is 3. The highest BCUT2D eigenvalue weighted by Crippen LogP contribution is 2.34. The van der Waals surface area contributed by atoms with Crippen LogP contribution in [0.5, 0.6) is 0 Å². The molecule has 0 radical (unpaired) electrons. The van der Waals surface area contributed by atoms with Gasteiger partial charge in [-0.15, -0.1) is 0 Å². The molecule has 1 aliphatic heterocycles. The van der Waals surface area contributed by atoms with Gasteiger partial charge in [0.1, 0.15) is 6.54 Å². The summed E-state index contributed by atoms with van der Waals surface area (Å²) in [6, 6.07) is 23.7. The lowest BCUT2D eigenvalue weighted by Crippen LogP contribution is -2.36. The SMILES string of the molecule is Cc1ccc(Cn2cc(/C=C3\SC(=O)N(CC(=O)Nc4ccc(C)cc4)C3=O)c3ccccc32)cc1. The smallest absolute Gasteiger partial charge is 0.294 e. The summed E-state index contributed by atoms with van der Waals surface area (Å²) in [7, 11) is 0. The molecule has 180 valence electrons. The first-order valence-corrected chi connectivity index (χ1v) is 12.4. The number of rotatable bonds is 6.